The molecule has 2 saturated heterocycles. The molecule has 1 aromatic carbocycles. The van der Waals surface area contributed by atoms with Crippen molar-refractivity contribution in [3.63, 3.8) is 0 Å². The number of fused-ring (bicyclic) bond motifs is 2. The summed E-state index contributed by atoms with van der Waals surface area (Å²) in [6.07, 6.45) is 2.54. The second kappa shape index (κ2) is 7.17. The molecule has 0 amide bonds. The fourth-order valence-electron chi connectivity index (χ4n) is 3.41. The first-order valence-corrected chi connectivity index (χ1v) is 8.91. The van der Waals surface area contributed by atoms with Gasteiger partial charge in [-0.2, -0.15) is 4.31 Å². The quantitative estimate of drug-likeness (QED) is 0.825. The summed E-state index contributed by atoms with van der Waals surface area (Å²) in [5.41, 5.74) is 0.0987. The first kappa shape index (κ1) is 18.2. The van der Waals surface area contributed by atoms with Crippen molar-refractivity contribution in [1.82, 2.24) is 9.62 Å². The lowest BCUT2D eigenvalue weighted by atomic mass is 10.1. The summed E-state index contributed by atoms with van der Waals surface area (Å²) in [6, 6.07) is 6.23. The van der Waals surface area contributed by atoms with Gasteiger partial charge in [-0.25, -0.2) is 13.2 Å². The number of sulfonamides is 1. The van der Waals surface area contributed by atoms with Gasteiger partial charge < -0.3 is 10.1 Å². The van der Waals surface area contributed by atoms with E-state index in [-0.39, 0.29) is 34.9 Å². The molecule has 0 aromatic heterocycles. The maximum atomic E-state index is 13.1. The van der Waals surface area contributed by atoms with E-state index in [1.54, 1.807) is 16.4 Å². The lowest BCUT2D eigenvalue weighted by Gasteiger charge is -2.27. The summed E-state index contributed by atoms with van der Waals surface area (Å²) in [5.74, 6) is -0.625. The van der Waals surface area contributed by atoms with Crippen molar-refractivity contribution < 1.29 is 17.9 Å². The molecule has 2 fully saturated rings. The van der Waals surface area contributed by atoms with Crippen LogP contribution in [-0.2, 0) is 14.8 Å². The zero-order chi connectivity index (χ0) is 15.7. The Morgan fingerprint density at radius 2 is 1.91 bits per heavy atom. The highest BCUT2D eigenvalue weighted by atomic mass is 35.5. The number of methoxy groups -OCH3 is 1. The van der Waals surface area contributed by atoms with Crippen molar-refractivity contribution in [1.29, 1.82) is 0 Å². The lowest BCUT2D eigenvalue weighted by molar-refractivity contribution is 0.0596. The van der Waals surface area contributed by atoms with Crippen molar-refractivity contribution in [2.75, 3.05) is 20.2 Å². The molecule has 1 aromatic rings. The average Bonchev–Trinajstić information content (AvgIpc) is 2.80. The number of carbonyl (C=O) groups excluding carboxylic acids is 1. The molecule has 2 bridgehead atoms. The molecule has 128 valence electrons. The van der Waals surface area contributed by atoms with Gasteiger partial charge in [0.2, 0.25) is 10.0 Å². The Morgan fingerprint density at radius 3 is 2.65 bits per heavy atom. The van der Waals surface area contributed by atoms with Crippen molar-refractivity contribution in [3.8, 4) is 0 Å². The molecule has 0 radical (unpaired) electrons. The van der Waals surface area contributed by atoms with E-state index in [1.165, 1.54) is 19.2 Å². The maximum absolute atomic E-state index is 13.1. The van der Waals surface area contributed by atoms with E-state index in [0.717, 1.165) is 25.8 Å². The van der Waals surface area contributed by atoms with E-state index in [0.29, 0.717) is 6.54 Å². The Hall–Kier alpha value is -1.15. The van der Waals surface area contributed by atoms with Gasteiger partial charge in [0.25, 0.3) is 0 Å². The number of esters is 1. The van der Waals surface area contributed by atoms with Crippen LogP contribution in [0.15, 0.2) is 29.2 Å². The molecule has 2 aliphatic heterocycles. The number of nitrogens with one attached hydrogen (secondary N) is 1. The highest BCUT2D eigenvalue weighted by Crippen LogP contribution is 2.34. The fraction of sp³-hybridized carbons (Fsp3) is 0.533. The minimum atomic E-state index is -3.71. The van der Waals surface area contributed by atoms with E-state index in [2.05, 4.69) is 5.32 Å². The number of halogens is 1. The lowest BCUT2D eigenvalue weighted by Crippen LogP contribution is -2.42. The largest absolute Gasteiger partial charge is 0.465 e. The van der Waals surface area contributed by atoms with E-state index >= 15 is 0 Å². The van der Waals surface area contributed by atoms with Gasteiger partial charge in [-0.1, -0.05) is 12.1 Å². The van der Waals surface area contributed by atoms with Crippen LogP contribution in [0.25, 0.3) is 0 Å². The zero-order valence-electron chi connectivity index (χ0n) is 12.9. The molecule has 23 heavy (non-hydrogen) atoms. The Labute approximate surface area is 142 Å². The van der Waals surface area contributed by atoms with Crippen LogP contribution in [0.1, 0.15) is 29.6 Å². The summed E-state index contributed by atoms with van der Waals surface area (Å²) in [5, 5.41) is 3.28. The van der Waals surface area contributed by atoms with Gasteiger partial charge in [0, 0.05) is 18.6 Å². The van der Waals surface area contributed by atoms with Gasteiger partial charge in [-0.3, -0.25) is 0 Å². The van der Waals surface area contributed by atoms with Crippen LogP contribution in [-0.4, -0.2) is 51.0 Å². The Kier molecular flexibility index (Phi) is 5.67. The number of rotatable bonds is 3. The van der Waals surface area contributed by atoms with Crippen LogP contribution in [0.2, 0.25) is 0 Å². The minimum Gasteiger partial charge on any atom is -0.465 e. The molecule has 6 nitrogen and oxygen atoms in total. The smallest absolute Gasteiger partial charge is 0.339 e. The monoisotopic (exact) mass is 360 g/mol. The second-order valence-corrected chi connectivity index (χ2v) is 7.51. The third-order valence-corrected chi connectivity index (χ3v) is 6.50. The highest BCUT2D eigenvalue weighted by Gasteiger charge is 2.44. The maximum Gasteiger partial charge on any atom is 0.339 e. The van der Waals surface area contributed by atoms with E-state index in [1.807, 2.05) is 0 Å². The average molecular weight is 361 g/mol. The number of hydrogen-bond acceptors (Lipinski definition) is 5. The van der Waals surface area contributed by atoms with Crippen LogP contribution in [0.4, 0.5) is 0 Å². The summed E-state index contributed by atoms with van der Waals surface area (Å²) in [4.78, 5) is 11.9. The SMILES string of the molecule is COC(=O)c1ccccc1S(=O)(=O)N1C2CCNCC1CC2.Cl. The van der Waals surface area contributed by atoms with Crippen molar-refractivity contribution >= 4 is 28.4 Å². The van der Waals surface area contributed by atoms with Crippen LogP contribution in [0.3, 0.4) is 0 Å². The Bertz CT molecular complexity index is 666. The van der Waals surface area contributed by atoms with Gasteiger partial charge in [0.05, 0.1) is 17.6 Å². The summed E-state index contributed by atoms with van der Waals surface area (Å²) < 4.78 is 32.6. The third-order valence-electron chi connectivity index (χ3n) is 4.44. The van der Waals surface area contributed by atoms with Crippen LogP contribution in [0, 0.1) is 0 Å². The molecule has 0 saturated carbocycles. The predicted molar refractivity (Wildman–Crippen MR) is 88.4 cm³/mol. The predicted octanol–water partition coefficient (Wildman–Crippen LogP) is 1.41. The third kappa shape index (κ3) is 3.24. The number of ether oxygens (including phenoxy) is 1. The van der Waals surface area contributed by atoms with E-state index in [4.69, 9.17) is 4.74 Å². The molecule has 0 spiro atoms. The first-order valence-electron chi connectivity index (χ1n) is 7.47. The van der Waals surface area contributed by atoms with Gasteiger partial charge in [0.1, 0.15) is 0 Å². The summed E-state index contributed by atoms with van der Waals surface area (Å²) in [6.45, 7) is 1.49. The van der Waals surface area contributed by atoms with Crippen LogP contribution >= 0.6 is 12.4 Å². The topological polar surface area (TPSA) is 75.7 Å². The Balaban J connectivity index is 0.00000192. The minimum absolute atomic E-state index is 0. The Morgan fingerprint density at radius 1 is 1.22 bits per heavy atom. The molecule has 0 aliphatic carbocycles. The number of benzene rings is 1. The summed E-state index contributed by atoms with van der Waals surface area (Å²) >= 11 is 0. The van der Waals surface area contributed by atoms with E-state index in [9.17, 15) is 13.2 Å². The normalized spacial score (nSPS) is 24.6. The van der Waals surface area contributed by atoms with Crippen molar-refractivity contribution in [2.45, 2.75) is 36.2 Å². The second-order valence-electron chi connectivity index (χ2n) is 5.70. The number of carbonyl (C=O) groups is 1. The molecule has 1 N–H and O–H groups in total. The zero-order valence-corrected chi connectivity index (χ0v) is 14.5. The molecule has 2 heterocycles. The molecule has 8 heteroatoms. The summed E-state index contributed by atoms with van der Waals surface area (Å²) in [7, 11) is -2.46. The van der Waals surface area contributed by atoms with Crippen LogP contribution in [0.5, 0.6) is 0 Å². The molecular weight excluding hydrogens is 340 g/mol. The number of hydrogen-bond donors (Lipinski definition) is 1. The van der Waals surface area contributed by atoms with Crippen LogP contribution < -0.4 is 5.32 Å². The van der Waals surface area contributed by atoms with Crippen molar-refractivity contribution in [2.24, 2.45) is 0 Å². The molecule has 2 unspecified atom stereocenters. The van der Waals surface area contributed by atoms with Gasteiger partial charge in [-0.15, -0.1) is 12.4 Å². The van der Waals surface area contributed by atoms with Gasteiger partial charge in [0.15, 0.2) is 0 Å². The molecule has 3 rings (SSSR count). The fourth-order valence-corrected chi connectivity index (χ4v) is 5.50. The standard InChI is InChI=1S/C15H20N2O4S.ClH/c1-21-15(18)13-4-2-3-5-14(13)22(19,20)17-11-6-7-12(17)10-16-9-8-11;/h2-5,11-12,16H,6-10H2,1H3;1H. The van der Waals surface area contributed by atoms with Crippen molar-refractivity contribution in [3.05, 3.63) is 29.8 Å². The van der Waals surface area contributed by atoms with Gasteiger partial charge >= 0.3 is 5.97 Å². The van der Waals surface area contributed by atoms with Gasteiger partial charge in [-0.05, 0) is 37.9 Å². The number of nitrogens with zero attached hydrogens (tertiary/aromatic N) is 1. The molecular formula is C15H21ClN2O4S. The highest BCUT2D eigenvalue weighted by molar-refractivity contribution is 7.89. The van der Waals surface area contributed by atoms with E-state index < -0.39 is 16.0 Å². The molecule has 2 aliphatic rings. The molecule has 2 atom stereocenters. The first-order chi connectivity index (χ1) is 10.6.